The first-order valence-corrected chi connectivity index (χ1v) is 6.28. The number of phenolic OH excluding ortho intramolecular Hbond substituents is 1. The second kappa shape index (κ2) is 5.73. The van der Waals surface area contributed by atoms with Crippen LogP contribution in [0, 0.1) is 0 Å². The van der Waals surface area contributed by atoms with Crippen LogP contribution in [0.15, 0.2) is 45.9 Å². The van der Waals surface area contributed by atoms with Gasteiger partial charge < -0.3 is 16.3 Å². The molecule has 98 valence electrons. The van der Waals surface area contributed by atoms with Gasteiger partial charge in [0.2, 0.25) is 0 Å². The standard InChI is InChI=1S/C13H13BrN4O/c14-9-1-4-13(19)8(5-9)7-17-10-2-3-12(18-16)11(15)6-10/h1-7,18-19H,15-16H2. The molecule has 0 spiro atoms. The molecule has 0 heterocycles. The fraction of sp³-hybridized carbons (Fsp3) is 0. The van der Waals surface area contributed by atoms with Gasteiger partial charge in [0.1, 0.15) is 5.75 Å². The molecule has 6 heteroatoms. The molecule has 2 aromatic rings. The molecule has 2 aromatic carbocycles. The summed E-state index contributed by atoms with van der Waals surface area (Å²) in [6, 6.07) is 10.3. The third-order valence-corrected chi connectivity index (χ3v) is 3.03. The molecule has 0 saturated carbocycles. The predicted octanol–water partition coefficient (Wildman–Crippen LogP) is 2.77. The van der Waals surface area contributed by atoms with Gasteiger partial charge in [0.25, 0.3) is 0 Å². The Balaban J connectivity index is 2.27. The lowest BCUT2D eigenvalue weighted by molar-refractivity contribution is 0.474. The van der Waals surface area contributed by atoms with Crippen LogP contribution in [0.2, 0.25) is 0 Å². The number of hydrazine groups is 1. The summed E-state index contributed by atoms with van der Waals surface area (Å²) in [5, 5.41) is 9.69. The topological polar surface area (TPSA) is 96.7 Å². The van der Waals surface area contributed by atoms with Gasteiger partial charge in [-0.15, -0.1) is 0 Å². The van der Waals surface area contributed by atoms with E-state index in [4.69, 9.17) is 11.6 Å². The third kappa shape index (κ3) is 3.24. The van der Waals surface area contributed by atoms with Gasteiger partial charge in [-0.05, 0) is 36.4 Å². The first-order chi connectivity index (χ1) is 9.10. The Labute approximate surface area is 119 Å². The molecule has 19 heavy (non-hydrogen) atoms. The maximum absolute atomic E-state index is 9.69. The molecular formula is C13H13BrN4O. The number of nitrogens with zero attached hydrogens (tertiary/aromatic N) is 1. The van der Waals surface area contributed by atoms with Gasteiger partial charge in [0, 0.05) is 16.3 Å². The molecular weight excluding hydrogens is 308 g/mol. The summed E-state index contributed by atoms with van der Waals surface area (Å²) in [6.45, 7) is 0. The average Bonchev–Trinajstić information content (AvgIpc) is 2.40. The maximum atomic E-state index is 9.69. The van der Waals surface area contributed by atoms with Gasteiger partial charge in [-0.2, -0.15) is 0 Å². The number of aliphatic imine (C=N–C) groups is 1. The molecule has 0 saturated heterocycles. The Hall–Kier alpha value is -2.05. The van der Waals surface area contributed by atoms with Crippen LogP contribution in [-0.4, -0.2) is 11.3 Å². The molecule has 0 aliphatic heterocycles. The predicted molar refractivity (Wildman–Crippen MR) is 81.7 cm³/mol. The number of benzene rings is 2. The first-order valence-electron chi connectivity index (χ1n) is 5.49. The van der Waals surface area contributed by atoms with Crippen molar-refractivity contribution >= 4 is 39.2 Å². The van der Waals surface area contributed by atoms with E-state index in [1.54, 1.807) is 42.6 Å². The molecule has 2 rings (SSSR count). The monoisotopic (exact) mass is 320 g/mol. The number of nitrogens with one attached hydrogen (secondary N) is 1. The lowest BCUT2D eigenvalue weighted by atomic mass is 10.2. The smallest absolute Gasteiger partial charge is 0.124 e. The molecule has 0 atom stereocenters. The van der Waals surface area contributed by atoms with Crippen molar-refractivity contribution in [3.8, 4) is 5.75 Å². The van der Waals surface area contributed by atoms with E-state index in [1.807, 2.05) is 0 Å². The van der Waals surface area contributed by atoms with Crippen LogP contribution in [-0.2, 0) is 0 Å². The van der Waals surface area contributed by atoms with E-state index in [1.165, 1.54) is 0 Å². The molecule has 0 radical (unpaired) electrons. The maximum Gasteiger partial charge on any atom is 0.124 e. The molecule has 0 fully saturated rings. The lowest BCUT2D eigenvalue weighted by Crippen LogP contribution is -2.08. The average molecular weight is 321 g/mol. The van der Waals surface area contributed by atoms with Crippen LogP contribution in [0.5, 0.6) is 5.75 Å². The summed E-state index contributed by atoms with van der Waals surface area (Å²) in [7, 11) is 0. The zero-order valence-corrected chi connectivity index (χ0v) is 11.6. The van der Waals surface area contributed by atoms with Crippen molar-refractivity contribution in [2.75, 3.05) is 11.2 Å². The Morgan fingerprint density at radius 3 is 2.68 bits per heavy atom. The van der Waals surface area contributed by atoms with Gasteiger partial charge in [0.15, 0.2) is 0 Å². The Kier molecular flexibility index (Phi) is 4.03. The Morgan fingerprint density at radius 2 is 2.00 bits per heavy atom. The highest BCUT2D eigenvalue weighted by Gasteiger charge is 2.00. The second-order valence-corrected chi connectivity index (χ2v) is 4.79. The number of halogens is 1. The van der Waals surface area contributed by atoms with E-state index < -0.39 is 0 Å². The van der Waals surface area contributed by atoms with Crippen LogP contribution in [0.25, 0.3) is 0 Å². The summed E-state index contributed by atoms with van der Waals surface area (Å²) in [5.74, 6) is 5.46. The van der Waals surface area contributed by atoms with E-state index in [9.17, 15) is 5.11 Å². The van der Waals surface area contributed by atoms with E-state index >= 15 is 0 Å². The zero-order chi connectivity index (χ0) is 13.8. The van der Waals surface area contributed by atoms with E-state index in [0.717, 1.165) is 4.47 Å². The zero-order valence-electron chi connectivity index (χ0n) is 9.97. The molecule has 6 N–H and O–H groups in total. The van der Waals surface area contributed by atoms with Crippen molar-refractivity contribution in [1.29, 1.82) is 0 Å². The fourth-order valence-corrected chi connectivity index (χ4v) is 1.91. The molecule has 0 bridgehead atoms. The van der Waals surface area contributed by atoms with Crippen molar-refractivity contribution < 1.29 is 5.11 Å². The number of aromatic hydroxyl groups is 1. The first kappa shape index (κ1) is 13.4. The molecule has 0 aliphatic carbocycles. The highest BCUT2D eigenvalue weighted by atomic mass is 79.9. The molecule has 0 aromatic heterocycles. The highest BCUT2D eigenvalue weighted by molar-refractivity contribution is 9.10. The van der Waals surface area contributed by atoms with Crippen LogP contribution >= 0.6 is 15.9 Å². The van der Waals surface area contributed by atoms with Crippen molar-refractivity contribution in [3.63, 3.8) is 0 Å². The van der Waals surface area contributed by atoms with Crippen LogP contribution < -0.4 is 17.0 Å². The molecule has 0 unspecified atom stereocenters. The summed E-state index contributed by atoms with van der Waals surface area (Å²) in [4.78, 5) is 4.26. The normalized spacial score (nSPS) is 10.8. The number of hydrogen-bond acceptors (Lipinski definition) is 5. The summed E-state index contributed by atoms with van der Waals surface area (Å²) in [6.07, 6.45) is 1.57. The number of anilines is 2. The van der Waals surface area contributed by atoms with Gasteiger partial charge in [-0.1, -0.05) is 15.9 Å². The summed E-state index contributed by atoms with van der Waals surface area (Å²) >= 11 is 3.34. The number of nitrogens with two attached hydrogens (primary N) is 2. The second-order valence-electron chi connectivity index (χ2n) is 3.88. The van der Waals surface area contributed by atoms with E-state index in [2.05, 4.69) is 26.3 Å². The van der Waals surface area contributed by atoms with Crippen LogP contribution in [0.3, 0.4) is 0 Å². The van der Waals surface area contributed by atoms with Gasteiger partial charge >= 0.3 is 0 Å². The Morgan fingerprint density at radius 1 is 1.21 bits per heavy atom. The Bertz CT molecular complexity index is 628. The summed E-state index contributed by atoms with van der Waals surface area (Å²) < 4.78 is 0.869. The van der Waals surface area contributed by atoms with Crippen molar-refractivity contribution in [1.82, 2.24) is 0 Å². The number of rotatable bonds is 3. The largest absolute Gasteiger partial charge is 0.507 e. The molecule has 0 amide bonds. The minimum absolute atomic E-state index is 0.167. The molecule has 5 nitrogen and oxygen atoms in total. The van der Waals surface area contributed by atoms with E-state index in [-0.39, 0.29) is 5.75 Å². The van der Waals surface area contributed by atoms with E-state index in [0.29, 0.717) is 22.6 Å². The minimum atomic E-state index is 0.167. The SMILES string of the molecule is NNc1ccc(N=Cc2cc(Br)ccc2O)cc1N. The molecule has 0 aliphatic rings. The van der Waals surface area contributed by atoms with Gasteiger partial charge in [-0.25, -0.2) is 0 Å². The van der Waals surface area contributed by atoms with Crippen LogP contribution in [0.4, 0.5) is 17.1 Å². The lowest BCUT2D eigenvalue weighted by Gasteiger charge is -2.04. The quantitative estimate of drug-likeness (QED) is 0.302. The highest BCUT2D eigenvalue weighted by Crippen LogP contribution is 2.25. The fourth-order valence-electron chi connectivity index (χ4n) is 1.53. The summed E-state index contributed by atoms with van der Waals surface area (Å²) in [5.41, 5.74) is 10.7. The minimum Gasteiger partial charge on any atom is -0.507 e. The van der Waals surface area contributed by atoms with Crippen molar-refractivity contribution in [3.05, 3.63) is 46.4 Å². The van der Waals surface area contributed by atoms with Crippen LogP contribution in [0.1, 0.15) is 5.56 Å². The van der Waals surface area contributed by atoms with Crippen molar-refractivity contribution in [2.45, 2.75) is 0 Å². The number of nitrogen functional groups attached to an aromatic ring is 2. The number of hydrogen-bond donors (Lipinski definition) is 4. The van der Waals surface area contributed by atoms with Crippen molar-refractivity contribution in [2.24, 2.45) is 10.8 Å². The third-order valence-electron chi connectivity index (χ3n) is 2.53. The van der Waals surface area contributed by atoms with Gasteiger partial charge in [-0.3, -0.25) is 10.8 Å². The van der Waals surface area contributed by atoms with Gasteiger partial charge in [0.05, 0.1) is 17.1 Å². The number of phenols is 1.